The third-order valence-corrected chi connectivity index (χ3v) is 5.38. The Hall–Kier alpha value is -0.860. The number of ketones is 1. The molecular formula is C16H24O3. The van der Waals surface area contributed by atoms with E-state index in [0.717, 1.165) is 17.8 Å². The Morgan fingerprint density at radius 1 is 1.05 bits per heavy atom. The van der Waals surface area contributed by atoms with Crippen molar-refractivity contribution in [2.75, 3.05) is 6.61 Å². The number of carbonyl (C=O) groups excluding carboxylic acids is 2. The Morgan fingerprint density at radius 3 is 2.05 bits per heavy atom. The van der Waals surface area contributed by atoms with Crippen LogP contribution in [0.5, 0.6) is 0 Å². The molecule has 0 spiro atoms. The van der Waals surface area contributed by atoms with Gasteiger partial charge in [0.15, 0.2) is 0 Å². The number of hydrogen-bond donors (Lipinski definition) is 0. The number of ether oxygens (including phenoxy) is 1. The summed E-state index contributed by atoms with van der Waals surface area (Å²) in [5.74, 6) is 2.34. The van der Waals surface area contributed by atoms with Crippen LogP contribution in [0.1, 0.15) is 58.3 Å². The SMILES string of the molecule is CCOC(=O)CC(=O)CC12CC3CC(CC(C3)C1)C2. The summed E-state index contributed by atoms with van der Waals surface area (Å²) in [5, 5.41) is 0. The molecule has 4 bridgehead atoms. The van der Waals surface area contributed by atoms with Gasteiger partial charge in [0.2, 0.25) is 0 Å². The number of Topliss-reactive ketones (excluding diaryl/α,β-unsaturated/α-hetero) is 1. The second-order valence-corrected chi connectivity index (χ2v) is 7.11. The minimum Gasteiger partial charge on any atom is -0.466 e. The fourth-order valence-corrected chi connectivity index (χ4v) is 5.36. The van der Waals surface area contributed by atoms with Crippen molar-refractivity contribution in [3.05, 3.63) is 0 Å². The summed E-state index contributed by atoms with van der Waals surface area (Å²) in [7, 11) is 0. The second kappa shape index (κ2) is 4.92. The molecule has 0 aromatic carbocycles. The molecule has 0 aliphatic heterocycles. The van der Waals surface area contributed by atoms with Gasteiger partial charge in [0.1, 0.15) is 12.2 Å². The van der Waals surface area contributed by atoms with E-state index >= 15 is 0 Å². The Bertz CT molecular complexity index is 350. The van der Waals surface area contributed by atoms with Crippen LogP contribution in [0.3, 0.4) is 0 Å². The van der Waals surface area contributed by atoms with E-state index in [1.807, 2.05) is 0 Å². The maximum atomic E-state index is 12.1. The number of esters is 1. The monoisotopic (exact) mass is 264 g/mol. The lowest BCUT2D eigenvalue weighted by atomic mass is 9.48. The molecule has 4 aliphatic carbocycles. The van der Waals surface area contributed by atoms with Gasteiger partial charge in [-0.05, 0) is 68.6 Å². The summed E-state index contributed by atoms with van der Waals surface area (Å²) in [4.78, 5) is 23.5. The van der Waals surface area contributed by atoms with Crippen molar-refractivity contribution in [1.82, 2.24) is 0 Å². The second-order valence-electron chi connectivity index (χ2n) is 7.11. The van der Waals surface area contributed by atoms with Gasteiger partial charge in [-0.15, -0.1) is 0 Å². The first-order chi connectivity index (χ1) is 9.08. The van der Waals surface area contributed by atoms with Gasteiger partial charge in [-0.25, -0.2) is 0 Å². The fraction of sp³-hybridized carbons (Fsp3) is 0.875. The number of hydrogen-bond acceptors (Lipinski definition) is 3. The van der Waals surface area contributed by atoms with Crippen molar-refractivity contribution in [3.63, 3.8) is 0 Å². The molecule has 3 heteroatoms. The molecule has 4 fully saturated rings. The van der Waals surface area contributed by atoms with Gasteiger partial charge in [0, 0.05) is 6.42 Å². The van der Waals surface area contributed by atoms with E-state index in [2.05, 4.69) is 0 Å². The van der Waals surface area contributed by atoms with Crippen LogP contribution in [0.2, 0.25) is 0 Å². The molecule has 106 valence electrons. The first kappa shape index (κ1) is 13.1. The molecule has 0 heterocycles. The van der Waals surface area contributed by atoms with Crippen molar-refractivity contribution in [2.45, 2.75) is 58.3 Å². The predicted octanol–water partition coefficient (Wildman–Crippen LogP) is 3.12. The lowest BCUT2D eigenvalue weighted by Gasteiger charge is -2.56. The van der Waals surface area contributed by atoms with Crippen LogP contribution in [-0.2, 0) is 14.3 Å². The Balaban J connectivity index is 1.60. The summed E-state index contributed by atoms with van der Waals surface area (Å²) in [5.41, 5.74) is 0.248. The molecule has 4 aliphatic rings. The van der Waals surface area contributed by atoms with E-state index < -0.39 is 0 Å². The van der Waals surface area contributed by atoms with E-state index in [-0.39, 0.29) is 23.6 Å². The Morgan fingerprint density at radius 2 is 1.58 bits per heavy atom. The highest BCUT2D eigenvalue weighted by Gasteiger charge is 2.51. The fourth-order valence-electron chi connectivity index (χ4n) is 5.36. The highest BCUT2D eigenvalue weighted by molar-refractivity contribution is 5.95. The molecule has 0 N–H and O–H groups in total. The van der Waals surface area contributed by atoms with Crippen LogP contribution in [-0.4, -0.2) is 18.4 Å². The zero-order chi connectivity index (χ0) is 13.5. The van der Waals surface area contributed by atoms with E-state index in [9.17, 15) is 9.59 Å². The quantitative estimate of drug-likeness (QED) is 0.566. The molecule has 0 aromatic rings. The third-order valence-electron chi connectivity index (χ3n) is 5.38. The highest BCUT2D eigenvalue weighted by atomic mass is 16.5. The Kier molecular flexibility index (Phi) is 3.40. The summed E-state index contributed by atoms with van der Waals surface area (Å²) in [6.07, 6.45) is 8.47. The standard InChI is InChI=1S/C16H24O3/c1-2-19-15(18)6-14(17)10-16-7-11-3-12(8-16)5-13(4-11)9-16/h11-13H,2-10H2,1H3. The minimum absolute atomic E-state index is 0.0183. The highest BCUT2D eigenvalue weighted by Crippen LogP contribution is 2.61. The van der Waals surface area contributed by atoms with Gasteiger partial charge in [-0.3, -0.25) is 9.59 Å². The van der Waals surface area contributed by atoms with Crippen LogP contribution in [0, 0.1) is 23.2 Å². The van der Waals surface area contributed by atoms with Gasteiger partial charge >= 0.3 is 5.97 Å². The molecule has 19 heavy (non-hydrogen) atoms. The number of rotatable bonds is 5. The van der Waals surface area contributed by atoms with E-state index in [1.54, 1.807) is 6.92 Å². The van der Waals surface area contributed by atoms with Crippen molar-refractivity contribution in [2.24, 2.45) is 23.2 Å². The van der Waals surface area contributed by atoms with Crippen LogP contribution >= 0.6 is 0 Å². The van der Waals surface area contributed by atoms with Crippen molar-refractivity contribution in [3.8, 4) is 0 Å². The third kappa shape index (κ3) is 2.70. The first-order valence-corrected chi connectivity index (χ1v) is 7.76. The van der Waals surface area contributed by atoms with E-state index in [4.69, 9.17) is 4.74 Å². The van der Waals surface area contributed by atoms with Crippen molar-refractivity contribution >= 4 is 11.8 Å². The molecule has 3 nitrogen and oxygen atoms in total. The normalized spacial score (nSPS) is 39.3. The maximum Gasteiger partial charge on any atom is 0.313 e. The van der Waals surface area contributed by atoms with Gasteiger partial charge in [0.25, 0.3) is 0 Å². The molecule has 0 radical (unpaired) electrons. The molecular weight excluding hydrogens is 240 g/mol. The average Bonchev–Trinajstić information content (AvgIpc) is 2.25. The number of carbonyl (C=O) groups is 2. The van der Waals surface area contributed by atoms with Crippen molar-refractivity contribution < 1.29 is 14.3 Å². The summed E-state index contributed by atoms with van der Waals surface area (Å²) in [6, 6.07) is 0. The predicted molar refractivity (Wildman–Crippen MR) is 71.5 cm³/mol. The van der Waals surface area contributed by atoms with Crippen LogP contribution < -0.4 is 0 Å². The lowest BCUT2D eigenvalue weighted by molar-refractivity contribution is -0.146. The molecule has 0 atom stereocenters. The average molecular weight is 264 g/mol. The molecule has 0 saturated heterocycles. The maximum absolute atomic E-state index is 12.1. The van der Waals surface area contributed by atoms with E-state index in [1.165, 1.54) is 38.5 Å². The van der Waals surface area contributed by atoms with Gasteiger partial charge in [0.05, 0.1) is 6.61 Å². The van der Waals surface area contributed by atoms with E-state index in [0.29, 0.717) is 13.0 Å². The molecule has 0 aromatic heterocycles. The zero-order valence-corrected chi connectivity index (χ0v) is 11.8. The summed E-state index contributed by atoms with van der Waals surface area (Å²) < 4.78 is 4.87. The van der Waals surface area contributed by atoms with Crippen LogP contribution in [0.25, 0.3) is 0 Å². The van der Waals surface area contributed by atoms with Crippen molar-refractivity contribution in [1.29, 1.82) is 0 Å². The summed E-state index contributed by atoms with van der Waals surface area (Å²) in [6.45, 7) is 2.14. The zero-order valence-electron chi connectivity index (χ0n) is 11.8. The molecule has 4 saturated carbocycles. The van der Waals surface area contributed by atoms with Gasteiger partial charge < -0.3 is 4.74 Å². The molecule has 0 amide bonds. The van der Waals surface area contributed by atoms with Gasteiger partial charge in [-0.2, -0.15) is 0 Å². The summed E-state index contributed by atoms with van der Waals surface area (Å²) >= 11 is 0. The smallest absolute Gasteiger partial charge is 0.313 e. The molecule has 0 unspecified atom stereocenters. The largest absolute Gasteiger partial charge is 0.466 e. The minimum atomic E-state index is -0.350. The first-order valence-electron chi connectivity index (χ1n) is 7.76. The van der Waals surface area contributed by atoms with Gasteiger partial charge in [-0.1, -0.05) is 0 Å². The van der Waals surface area contributed by atoms with Crippen LogP contribution in [0.15, 0.2) is 0 Å². The Labute approximate surface area is 115 Å². The molecule has 4 rings (SSSR count). The lowest BCUT2D eigenvalue weighted by Crippen LogP contribution is -2.47. The van der Waals surface area contributed by atoms with Crippen LogP contribution in [0.4, 0.5) is 0 Å². The topological polar surface area (TPSA) is 43.4 Å².